The molecule has 0 fully saturated rings. The maximum atomic E-state index is 13.2. The number of nitrogen functional groups attached to an aromatic ring is 1. The topological polar surface area (TPSA) is 64.3 Å². The van der Waals surface area contributed by atoms with E-state index in [1.54, 1.807) is 19.1 Å². The van der Waals surface area contributed by atoms with Crippen LogP contribution in [0.2, 0.25) is 0 Å². The SMILES string of the molecule is CC(Oc1cccc(F)c1)C(=O)NC1CCCc2cc(N)ccc21. The van der Waals surface area contributed by atoms with Crippen molar-refractivity contribution < 1.29 is 13.9 Å². The number of anilines is 1. The van der Waals surface area contributed by atoms with Gasteiger partial charge in [-0.05, 0) is 61.6 Å². The Morgan fingerprint density at radius 3 is 2.96 bits per heavy atom. The minimum atomic E-state index is -0.703. The van der Waals surface area contributed by atoms with Crippen molar-refractivity contribution in [3.8, 4) is 5.75 Å². The van der Waals surface area contributed by atoms with E-state index in [0.717, 1.165) is 30.5 Å². The minimum absolute atomic E-state index is 0.0413. The van der Waals surface area contributed by atoms with Gasteiger partial charge in [-0.1, -0.05) is 12.1 Å². The third-order valence-electron chi connectivity index (χ3n) is 4.28. The Hall–Kier alpha value is -2.56. The first kappa shape index (κ1) is 16.3. The van der Waals surface area contributed by atoms with Crippen LogP contribution in [0.4, 0.5) is 10.1 Å². The van der Waals surface area contributed by atoms with Crippen molar-refractivity contribution in [1.29, 1.82) is 0 Å². The second kappa shape index (κ2) is 6.91. The Morgan fingerprint density at radius 1 is 1.33 bits per heavy atom. The monoisotopic (exact) mass is 328 g/mol. The van der Waals surface area contributed by atoms with E-state index in [-0.39, 0.29) is 17.8 Å². The highest BCUT2D eigenvalue weighted by atomic mass is 19.1. The van der Waals surface area contributed by atoms with Crippen molar-refractivity contribution in [2.24, 2.45) is 0 Å². The number of nitrogens with one attached hydrogen (secondary N) is 1. The number of hydrogen-bond acceptors (Lipinski definition) is 3. The van der Waals surface area contributed by atoms with Crippen molar-refractivity contribution in [1.82, 2.24) is 5.32 Å². The maximum Gasteiger partial charge on any atom is 0.261 e. The molecule has 0 heterocycles. The fourth-order valence-corrected chi connectivity index (χ4v) is 3.07. The van der Waals surface area contributed by atoms with Crippen LogP contribution < -0.4 is 15.8 Å². The van der Waals surface area contributed by atoms with Gasteiger partial charge in [-0.25, -0.2) is 4.39 Å². The van der Waals surface area contributed by atoms with E-state index in [1.165, 1.54) is 17.7 Å². The van der Waals surface area contributed by atoms with Crippen LogP contribution in [0.15, 0.2) is 42.5 Å². The molecule has 2 aromatic carbocycles. The smallest absolute Gasteiger partial charge is 0.261 e. The van der Waals surface area contributed by atoms with E-state index in [2.05, 4.69) is 5.32 Å². The molecule has 0 aromatic heterocycles. The second-order valence-corrected chi connectivity index (χ2v) is 6.13. The predicted molar refractivity (Wildman–Crippen MR) is 91.2 cm³/mol. The fraction of sp³-hybridized carbons (Fsp3) is 0.316. The lowest BCUT2D eigenvalue weighted by molar-refractivity contribution is -0.128. The van der Waals surface area contributed by atoms with Gasteiger partial charge in [0.05, 0.1) is 6.04 Å². The van der Waals surface area contributed by atoms with Gasteiger partial charge in [-0.3, -0.25) is 4.79 Å². The predicted octanol–water partition coefficient (Wildman–Crippen LogP) is 3.37. The zero-order chi connectivity index (χ0) is 17.1. The van der Waals surface area contributed by atoms with Crippen molar-refractivity contribution in [3.05, 3.63) is 59.4 Å². The summed E-state index contributed by atoms with van der Waals surface area (Å²) in [6.07, 6.45) is 2.16. The Balaban J connectivity index is 1.67. The molecule has 24 heavy (non-hydrogen) atoms. The highest BCUT2D eigenvalue weighted by Crippen LogP contribution is 2.31. The number of aryl methyl sites for hydroxylation is 1. The molecule has 0 bridgehead atoms. The minimum Gasteiger partial charge on any atom is -0.481 e. The van der Waals surface area contributed by atoms with Crippen LogP contribution in [0, 0.1) is 5.82 Å². The molecule has 1 aliphatic carbocycles. The fourth-order valence-electron chi connectivity index (χ4n) is 3.07. The number of fused-ring (bicyclic) bond motifs is 1. The zero-order valence-electron chi connectivity index (χ0n) is 13.6. The van der Waals surface area contributed by atoms with Crippen LogP contribution in [-0.4, -0.2) is 12.0 Å². The lowest BCUT2D eigenvalue weighted by Gasteiger charge is -2.28. The van der Waals surface area contributed by atoms with Crippen molar-refractivity contribution in [2.75, 3.05) is 5.73 Å². The Morgan fingerprint density at radius 2 is 2.17 bits per heavy atom. The molecule has 2 atom stereocenters. The summed E-state index contributed by atoms with van der Waals surface area (Å²) in [5.74, 6) is -0.262. The highest BCUT2D eigenvalue weighted by Gasteiger charge is 2.24. The van der Waals surface area contributed by atoms with E-state index in [4.69, 9.17) is 10.5 Å². The number of halogens is 1. The quantitative estimate of drug-likeness (QED) is 0.846. The summed E-state index contributed by atoms with van der Waals surface area (Å²) in [7, 11) is 0. The third kappa shape index (κ3) is 3.67. The van der Waals surface area contributed by atoms with Gasteiger partial charge in [0.1, 0.15) is 11.6 Å². The normalized spacial score (nSPS) is 17.7. The average molecular weight is 328 g/mol. The molecule has 0 saturated heterocycles. The van der Waals surface area contributed by atoms with E-state index < -0.39 is 6.10 Å². The molecular formula is C19H21FN2O2. The number of carbonyl (C=O) groups is 1. The molecule has 2 aromatic rings. The van der Waals surface area contributed by atoms with Gasteiger partial charge in [0.2, 0.25) is 0 Å². The average Bonchev–Trinajstić information content (AvgIpc) is 2.54. The molecule has 0 spiro atoms. The maximum absolute atomic E-state index is 13.2. The van der Waals surface area contributed by atoms with Gasteiger partial charge < -0.3 is 15.8 Å². The molecule has 0 radical (unpaired) electrons. The zero-order valence-corrected chi connectivity index (χ0v) is 13.6. The van der Waals surface area contributed by atoms with Crippen LogP contribution in [0.3, 0.4) is 0 Å². The number of hydrogen-bond donors (Lipinski definition) is 2. The lowest BCUT2D eigenvalue weighted by Crippen LogP contribution is -2.39. The number of nitrogens with two attached hydrogens (primary N) is 1. The largest absolute Gasteiger partial charge is 0.481 e. The summed E-state index contributed by atoms with van der Waals surface area (Å²) in [6.45, 7) is 1.66. The molecule has 0 aliphatic heterocycles. The number of amides is 1. The molecule has 4 nitrogen and oxygen atoms in total. The van der Waals surface area contributed by atoms with Crippen molar-refractivity contribution >= 4 is 11.6 Å². The van der Waals surface area contributed by atoms with Gasteiger partial charge in [0.15, 0.2) is 6.10 Å². The molecule has 1 aliphatic rings. The van der Waals surface area contributed by atoms with Crippen LogP contribution in [0.1, 0.15) is 36.9 Å². The molecular weight excluding hydrogens is 307 g/mol. The van der Waals surface area contributed by atoms with Crippen LogP contribution in [-0.2, 0) is 11.2 Å². The Bertz CT molecular complexity index is 748. The first-order chi connectivity index (χ1) is 11.5. The number of ether oxygens (including phenoxy) is 1. The number of benzene rings is 2. The summed E-state index contributed by atoms with van der Waals surface area (Å²) < 4.78 is 18.7. The number of rotatable bonds is 4. The molecule has 2 unspecified atom stereocenters. The van der Waals surface area contributed by atoms with Crippen LogP contribution in [0.5, 0.6) is 5.75 Å². The van der Waals surface area contributed by atoms with Gasteiger partial charge in [0, 0.05) is 11.8 Å². The van der Waals surface area contributed by atoms with Crippen molar-refractivity contribution in [3.63, 3.8) is 0 Å². The van der Waals surface area contributed by atoms with Gasteiger partial charge in [0.25, 0.3) is 5.91 Å². The van der Waals surface area contributed by atoms with E-state index in [0.29, 0.717) is 5.75 Å². The number of carbonyl (C=O) groups excluding carboxylic acids is 1. The second-order valence-electron chi connectivity index (χ2n) is 6.13. The standard InChI is InChI=1S/C19H21FN2O2/c1-12(24-16-6-3-5-14(20)11-16)19(23)22-18-7-2-4-13-10-15(21)8-9-17(13)18/h3,5-6,8-12,18H,2,4,7,21H2,1H3,(H,22,23). The van der Waals surface area contributed by atoms with Gasteiger partial charge in [-0.2, -0.15) is 0 Å². The summed E-state index contributed by atoms with van der Waals surface area (Å²) >= 11 is 0. The molecule has 126 valence electrons. The highest BCUT2D eigenvalue weighted by molar-refractivity contribution is 5.81. The molecule has 3 N–H and O–H groups in total. The molecule has 1 amide bonds. The molecule has 3 rings (SSSR count). The van der Waals surface area contributed by atoms with Crippen LogP contribution >= 0.6 is 0 Å². The molecule has 5 heteroatoms. The van der Waals surface area contributed by atoms with E-state index in [1.807, 2.05) is 18.2 Å². The van der Waals surface area contributed by atoms with Gasteiger partial charge in [-0.15, -0.1) is 0 Å². The van der Waals surface area contributed by atoms with Crippen molar-refractivity contribution in [2.45, 2.75) is 38.3 Å². The summed E-state index contributed by atoms with van der Waals surface area (Å²) in [5, 5.41) is 3.03. The Labute approximate surface area is 140 Å². The van der Waals surface area contributed by atoms with E-state index in [9.17, 15) is 9.18 Å². The Kier molecular flexibility index (Phi) is 4.69. The first-order valence-corrected chi connectivity index (χ1v) is 8.14. The first-order valence-electron chi connectivity index (χ1n) is 8.14. The lowest BCUT2D eigenvalue weighted by atomic mass is 9.87. The molecule has 0 saturated carbocycles. The van der Waals surface area contributed by atoms with E-state index >= 15 is 0 Å². The van der Waals surface area contributed by atoms with Gasteiger partial charge >= 0.3 is 0 Å². The summed E-state index contributed by atoms with van der Waals surface area (Å²) in [5.41, 5.74) is 8.87. The third-order valence-corrected chi connectivity index (χ3v) is 4.28. The summed E-state index contributed by atoms with van der Waals surface area (Å²) in [6, 6.07) is 11.6. The van der Waals surface area contributed by atoms with Crippen LogP contribution in [0.25, 0.3) is 0 Å². The summed E-state index contributed by atoms with van der Waals surface area (Å²) in [4.78, 5) is 12.4.